The van der Waals surface area contributed by atoms with Crippen molar-refractivity contribution in [2.24, 2.45) is 11.8 Å². The lowest BCUT2D eigenvalue weighted by atomic mass is 10.0. The smallest absolute Gasteiger partial charge is 0.462 e. The van der Waals surface area contributed by atoms with Gasteiger partial charge in [-0.25, -0.2) is 9.13 Å². The van der Waals surface area contributed by atoms with Crippen LogP contribution in [0.4, 0.5) is 0 Å². The van der Waals surface area contributed by atoms with E-state index in [1.165, 1.54) is 205 Å². The third-order valence-corrected chi connectivity index (χ3v) is 19.9. The summed E-state index contributed by atoms with van der Waals surface area (Å²) < 4.78 is 68.5. The van der Waals surface area contributed by atoms with Crippen LogP contribution in [0, 0.1) is 11.8 Å². The third kappa shape index (κ3) is 70.5. The van der Waals surface area contributed by atoms with Crippen LogP contribution in [0.1, 0.15) is 401 Å². The van der Waals surface area contributed by atoms with Crippen LogP contribution >= 0.6 is 15.6 Å². The van der Waals surface area contributed by atoms with Gasteiger partial charge < -0.3 is 33.8 Å². The number of phosphoric ester groups is 2. The van der Waals surface area contributed by atoms with Gasteiger partial charge in [-0.05, 0) is 37.5 Å². The zero-order valence-corrected chi connectivity index (χ0v) is 64.5. The molecule has 0 saturated carbocycles. The molecule has 5 atom stereocenters. The number of rotatable bonds is 76. The molecule has 0 fully saturated rings. The summed E-state index contributed by atoms with van der Waals surface area (Å²) in [4.78, 5) is 72.7. The molecule has 0 aromatic rings. The van der Waals surface area contributed by atoms with Crippen LogP contribution in [0.15, 0.2) is 0 Å². The van der Waals surface area contributed by atoms with Crippen LogP contribution in [-0.2, 0) is 65.4 Å². The molecule has 0 heterocycles. The molecule has 0 rings (SSSR count). The maximum absolute atomic E-state index is 13.1. The van der Waals surface area contributed by atoms with E-state index in [4.69, 9.17) is 37.0 Å². The van der Waals surface area contributed by atoms with Crippen LogP contribution in [-0.4, -0.2) is 96.7 Å². The fourth-order valence-electron chi connectivity index (χ4n) is 11.8. The Balaban J connectivity index is 5.19. The van der Waals surface area contributed by atoms with Crippen molar-refractivity contribution < 1.29 is 80.2 Å². The van der Waals surface area contributed by atoms with E-state index in [9.17, 15) is 43.2 Å². The zero-order valence-electron chi connectivity index (χ0n) is 62.7. The predicted octanol–water partition coefficient (Wildman–Crippen LogP) is 22.7. The Morgan fingerprint density at radius 3 is 0.708 bits per heavy atom. The highest BCUT2D eigenvalue weighted by molar-refractivity contribution is 7.47. The third-order valence-electron chi connectivity index (χ3n) is 18.0. The number of carbonyl (C=O) groups excluding carboxylic acids is 4. The molecule has 0 radical (unpaired) electrons. The van der Waals surface area contributed by atoms with E-state index >= 15 is 0 Å². The van der Waals surface area contributed by atoms with Gasteiger partial charge in [-0.2, -0.15) is 0 Å². The van der Waals surface area contributed by atoms with E-state index < -0.39 is 97.5 Å². The van der Waals surface area contributed by atoms with E-state index in [2.05, 4.69) is 41.5 Å². The van der Waals surface area contributed by atoms with Crippen molar-refractivity contribution in [1.29, 1.82) is 0 Å². The number of phosphoric acid groups is 2. The molecule has 570 valence electrons. The summed E-state index contributed by atoms with van der Waals surface area (Å²) in [5.41, 5.74) is 0. The standard InChI is InChI=1S/C77H150O17P2/c1-7-9-11-13-15-16-17-18-19-20-21-25-31-36-42-48-54-60-75(80)88-66-73(94-77(82)61-55-49-43-37-32-26-23-22-24-29-34-40-45-51-57-69(3)4)68-92-96(85,86)90-64-71(78)63-89-95(83,84)91-67-72(65-87-74(79)59-53-47-39-14-12-10-8-2)93-76(81)62-56-50-44-38-33-28-27-30-35-41-46-52-58-70(5)6/h69-73,78H,7-68H2,1-6H3,(H,83,84)(H,85,86)/t71-,72+,73+/m0/s1. The van der Waals surface area contributed by atoms with Crippen molar-refractivity contribution in [2.75, 3.05) is 39.6 Å². The molecule has 0 saturated heterocycles. The van der Waals surface area contributed by atoms with Crippen molar-refractivity contribution in [1.82, 2.24) is 0 Å². The number of hydrogen-bond donors (Lipinski definition) is 3. The average Bonchev–Trinajstić information content (AvgIpc) is 1.53. The van der Waals surface area contributed by atoms with Crippen LogP contribution in [0.2, 0.25) is 0 Å². The highest BCUT2D eigenvalue weighted by Crippen LogP contribution is 2.45. The number of unbranched alkanes of at least 4 members (excludes halogenated alkanes) is 46. The lowest BCUT2D eigenvalue weighted by molar-refractivity contribution is -0.161. The number of ether oxygens (including phenoxy) is 4. The van der Waals surface area contributed by atoms with Gasteiger partial charge in [-0.3, -0.25) is 37.3 Å². The molecule has 19 heteroatoms. The summed E-state index contributed by atoms with van der Waals surface area (Å²) in [6.45, 7) is 9.60. The summed E-state index contributed by atoms with van der Waals surface area (Å²) in [5, 5.41) is 10.6. The Kier molecular flexibility index (Phi) is 67.4. The van der Waals surface area contributed by atoms with Gasteiger partial charge in [0.25, 0.3) is 0 Å². The molecule has 0 aliphatic heterocycles. The summed E-state index contributed by atoms with van der Waals surface area (Å²) in [6.07, 6.45) is 57.0. The monoisotopic (exact) mass is 1410 g/mol. The van der Waals surface area contributed by atoms with E-state index in [0.717, 1.165) is 115 Å². The Labute approximate surface area is 588 Å². The van der Waals surface area contributed by atoms with E-state index in [1.54, 1.807) is 0 Å². The predicted molar refractivity (Wildman–Crippen MR) is 391 cm³/mol. The van der Waals surface area contributed by atoms with Gasteiger partial charge >= 0.3 is 39.5 Å². The molecule has 0 amide bonds. The largest absolute Gasteiger partial charge is 0.472 e. The molecule has 17 nitrogen and oxygen atoms in total. The second kappa shape index (κ2) is 68.8. The zero-order chi connectivity index (χ0) is 70.7. The Morgan fingerprint density at radius 1 is 0.281 bits per heavy atom. The van der Waals surface area contributed by atoms with Crippen LogP contribution in [0.5, 0.6) is 0 Å². The molecule has 0 aromatic heterocycles. The summed E-state index contributed by atoms with van der Waals surface area (Å²) in [5.74, 6) is -0.545. The summed E-state index contributed by atoms with van der Waals surface area (Å²) >= 11 is 0. The first-order valence-corrected chi connectivity index (χ1v) is 43.0. The molecular weight excluding hydrogens is 1260 g/mol. The normalized spacial score (nSPS) is 14.0. The molecule has 0 bridgehead atoms. The molecule has 0 aliphatic carbocycles. The number of aliphatic hydroxyl groups excluding tert-OH is 1. The second-order valence-corrected chi connectivity index (χ2v) is 31.6. The number of aliphatic hydroxyl groups is 1. The maximum Gasteiger partial charge on any atom is 0.472 e. The Hall–Kier alpha value is -1.94. The quantitative estimate of drug-likeness (QED) is 0.0222. The molecule has 96 heavy (non-hydrogen) atoms. The number of esters is 4. The first-order valence-electron chi connectivity index (χ1n) is 40.0. The number of carbonyl (C=O) groups is 4. The van der Waals surface area contributed by atoms with Gasteiger partial charge in [-0.15, -0.1) is 0 Å². The minimum absolute atomic E-state index is 0.107. The first-order chi connectivity index (χ1) is 46.4. The Morgan fingerprint density at radius 2 is 0.479 bits per heavy atom. The first kappa shape index (κ1) is 94.1. The van der Waals surface area contributed by atoms with Crippen molar-refractivity contribution >= 4 is 39.5 Å². The van der Waals surface area contributed by atoms with Crippen LogP contribution in [0.25, 0.3) is 0 Å². The lowest BCUT2D eigenvalue weighted by Crippen LogP contribution is -2.30. The summed E-state index contributed by atoms with van der Waals surface area (Å²) in [6, 6.07) is 0. The van der Waals surface area contributed by atoms with E-state index in [1.807, 2.05) is 0 Å². The molecule has 0 spiro atoms. The SMILES string of the molecule is CCCCCCCCCCCCCCCCCCCC(=O)OC[C@H](COP(=O)(O)OC[C@@H](O)COP(=O)(O)OC[C@@H](COC(=O)CCCCCCCCC)OC(=O)CCCCCCCCCCCCCCC(C)C)OC(=O)CCCCCCCCCCCCCCCCC(C)C. The Bertz CT molecular complexity index is 1860. The van der Waals surface area contributed by atoms with Gasteiger partial charge in [0, 0.05) is 25.7 Å². The van der Waals surface area contributed by atoms with Crippen molar-refractivity contribution in [3.63, 3.8) is 0 Å². The van der Waals surface area contributed by atoms with E-state index in [0.29, 0.717) is 25.7 Å². The van der Waals surface area contributed by atoms with Crippen molar-refractivity contribution in [3.8, 4) is 0 Å². The average molecular weight is 1410 g/mol. The summed E-state index contributed by atoms with van der Waals surface area (Å²) in [7, 11) is -9.91. The van der Waals surface area contributed by atoms with Gasteiger partial charge in [0.1, 0.15) is 19.3 Å². The minimum atomic E-state index is -4.96. The fraction of sp³-hybridized carbons (Fsp3) is 0.948. The molecule has 3 N–H and O–H groups in total. The van der Waals surface area contributed by atoms with Crippen molar-refractivity contribution in [3.05, 3.63) is 0 Å². The van der Waals surface area contributed by atoms with Gasteiger partial charge in [-0.1, -0.05) is 350 Å². The molecular formula is C77H150O17P2. The van der Waals surface area contributed by atoms with Crippen LogP contribution in [0.3, 0.4) is 0 Å². The van der Waals surface area contributed by atoms with Gasteiger partial charge in [0.2, 0.25) is 0 Å². The highest BCUT2D eigenvalue weighted by atomic mass is 31.2. The highest BCUT2D eigenvalue weighted by Gasteiger charge is 2.30. The maximum atomic E-state index is 13.1. The van der Waals surface area contributed by atoms with E-state index in [-0.39, 0.29) is 25.7 Å². The molecule has 0 aliphatic rings. The second-order valence-electron chi connectivity index (χ2n) is 28.7. The fourth-order valence-corrected chi connectivity index (χ4v) is 13.4. The minimum Gasteiger partial charge on any atom is -0.462 e. The topological polar surface area (TPSA) is 237 Å². The van der Waals surface area contributed by atoms with Gasteiger partial charge in [0.05, 0.1) is 26.4 Å². The van der Waals surface area contributed by atoms with Crippen molar-refractivity contribution in [2.45, 2.75) is 419 Å². The lowest BCUT2D eigenvalue weighted by Gasteiger charge is -2.21. The molecule has 0 aromatic carbocycles. The molecule has 2 unspecified atom stereocenters. The number of hydrogen-bond acceptors (Lipinski definition) is 15. The van der Waals surface area contributed by atoms with Crippen LogP contribution < -0.4 is 0 Å². The van der Waals surface area contributed by atoms with Gasteiger partial charge in [0.15, 0.2) is 12.2 Å².